The van der Waals surface area contributed by atoms with Crippen molar-refractivity contribution in [3.63, 3.8) is 0 Å². The first-order valence-corrected chi connectivity index (χ1v) is 8.58. The smallest absolute Gasteiger partial charge is 0.248 e. The van der Waals surface area contributed by atoms with Gasteiger partial charge in [0.2, 0.25) is 11.8 Å². The van der Waals surface area contributed by atoms with Crippen molar-refractivity contribution < 1.29 is 9.59 Å². The predicted molar refractivity (Wildman–Crippen MR) is 97.5 cm³/mol. The van der Waals surface area contributed by atoms with Crippen LogP contribution in [0.4, 0.5) is 0 Å². The second-order valence-corrected chi connectivity index (χ2v) is 5.98. The fraction of sp³-hybridized carbons (Fsp3) is 0.158. The second kappa shape index (κ2) is 9.43. The van der Waals surface area contributed by atoms with E-state index in [0.717, 1.165) is 11.3 Å². The first kappa shape index (κ1) is 17.6. The number of rotatable bonds is 6. The van der Waals surface area contributed by atoms with E-state index in [9.17, 15) is 9.59 Å². The van der Waals surface area contributed by atoms with Gasteiger partial charge in [0.25, 0.3) is 0 Å². The molecule has 0 aliphatic heterocycles. The lowest BCUT2D eigenvalue weighted by atomic mass is 10.1. The summed E-state index contributed by atoms with van der Waals surface area (Å²) in [6.45, 7) is 0.294. The Kier molecular flexibility index (Phi) is 6.93. The van der Waals surface area contributed by atoms with E-state index in [-0.39, 0.29) is 5.91 Å². The van der Waals surface area contributed by atoms with E-state index in [1.54, 1.807) is 36.0 Å². The number of primary amides is 1. The third-order valence-electron chi connectivity index (χ3n) is 3.12. The van der Waals surface area contributed by atoms with Gasteiger partial charge in [-0.05, 0) is 29.8 Å². The van der Waals surface area contributed by atoms with Gasteiger partial charge in [-0.1, -0.05) is 42.2 Å². The number of hydrogen-bond acceptors (Lipinski definition) is 3. The molecule has 2 rings (SSSR count). The summed E-state index contributed by atoms with van der Waals surface area (Å²) in [6.07, 6.45) is 0. The lowest BCUT2D eigenvalue weighted by Crippen LogP contribution is -2.25. The molecule has 0 atom stereocenters. The van der Waals surface area contributed by atoms with Crippen LogP contribution >= 0.6 is 11.8 Å². The van der Waals surface area contributed by atoms with Crippen LogP contribution in [0, 0.1) is 11.8 Å². The van der Waals surface area contributed by atoms with E-state index in [4.69, 9.17) is 5.73 Å². The number of carbonyl (C=O) groups excluding carboxylic acids is 2. The van der Waals surface area contributed by atoms with Crippen LogP contribution in [0.25, 0.3) is 0 Å². The highest BCUT2D eigenvalue weighted by Gasteiger charge is 2.00. The molecule has 2 aromatic rings. The van der Waals surface area contributed by atoms with Crippen molar-refractivity contribution in [2.24, 2.45) is 5.73 Å². The van der Waals surface area contributed by atoms with Crippen LogP contribution in [0.2, 0.25) is 0 Å². The molecule has 0 saturated heterocycles. The molecule has 2 amide bonds. The van der Waals surface area contributed by atoms with Crippen LogP contribution in [-0.2, 0) is 10.5 Å². The molecule has 0 aromatic heterocycles. The fourth-order valence-corrected chi connectivity index (χ4v) is 2.71. The van der Waals surface area contributed by atoms with Crippen LogP contribution in [-0.4, -0.2) is 24.1 Å². The molecule has 0 bridgehead atoms. The fourth-order valence-electron chi connectivity index (χ4n) is 1.89. The lowest BCUT2D eigenvalue weighted by molar-refractivity contribution is -0.118. The van der Waals surface area contributed by atoms with E-state index >= 15 is 0 Å². The average molecular weight is 338 g/mol. The van der Waals surface area contributed by atoms with E-state index < -0.39 is 5.91 Å². The van der Waals surface area contributed by atoms with Crippen molar-refractivity contribution in [3.05, 3.63) is 71.3 Å². The van der Waals surface area contributed by atoms with Gasteiger partial charge in [-0.3, -0.25) is 9.59 Å². The molecule has 0 aliphatic carbocycles. The molecule has 0 heterocycles. The Labute approximate surface area is 145 Å². The molecule has 0 fully saturated rings. The molecular formula is C19H18N2O2S. The van der Waals surface area contributed by atoms with Crippen molar-refractivity contribution in [1.82, 2.24) is 5.32 Å². The van der Waals surface area contributed by atoms with Gasteiger partial charge >= 0.3 is 0 Å². The van der Waals surface area contributed by atoms with Crippen LogP contribution < -0.4 is 11.1 Å². The summed E-state index contributed by atoms with van der Waals surface area (Å²) in [4.78, 5) is 22.7. The highest BCUT2D eigenvalue weighted by molar-refractivity contribution is 7.99. The number of hydrogen-bond donors (Lipinski definition) is 2. The first-order valence-electron chi connectivity index (χ1n) is 7.42. The zero-order valence-electron chi connectivity index (χ0n) is 13.1. The monoisotopic (exact) mass is 338 g/mol. The van der Waals surface area contributed by atoms with Crippen LogP contribution in [0.1, 0.15) is 21.5 Å². The standard InChI is InChI=1S/C19H18N2O2S/c20-19(23)17-10-8-15(9-11-17)7-4-12-21-18(22)14-24-13-16-5-2-1-3-6-16/h1-3,5-6,8-11H,12-14H2,(H2,20,23)(H,21,22). The van der Waals surface area contributed by atoms with E-state index in [1.807, 2.05) is 30.3 Å². The Morgan fingerprint density at radius 3 is 2.42 bits per heavy atom. The van der Waals surface area contributed by atoms with Crippen LogP contribution in [0.15, 0.2) is 54.6 Å². The average Bonchev–Trinajstić information content (AvgIpc) is 2.60. The molecule has 0 unspecified atom stereocenters. The van der Waals surface area contributed by atoms with E-state index in [2.05, 4.69) is 17.2 Å². The number of thioether (sulfide) groups is 1. The molecule has 4 nitrogen and oxygen atoms in total. The summed E-state index contributed by atoms with van der Waals surface area (Å²) in [7, 11) is 0. The normalized spacial score (nSPS) is 9.67. The maximum absolute atomic E-state index is 11.7. The second-order valence-electron chi connectivity index (χ2n) is 5.00. The van der Waals surface area contributed by atoms with Crippen molar-refractivity contribution in [2.45, 2.75) is 5.75 Å². The van der Waals surface area contributed by atoms with E-state index in [0.29, 0.717) is 17.9 Å². The summed E-state index contributed by atoms with van der Waals surface area (Å²) in [6, 6.07) is 16.7. The molecule has 0 spiro atoms. The summed E-state index contributed by atoms with van der Waals surface area (Å²) < 4.78 is 0. The molecular weight excluding hydrogens is 320 g/mol. The van der Waals surface area contributed by atoms with Crippen LogP contribution in [0.3, 0.4) is 0 Å². The highest BCUT2D eigenvalue weighted by atomic mass is 32.2. The topological polar surface area (TPSA) is 72.2 Å². The Balaban J connectivity index is 1.68. The molecule has 24 heavy (non-hydrogen) atoms. The number of nitrogens with one attached hydrogen (secondary N) is 1. The number of nitrogens with two attached hydrogens (primary N) is 1. The zero-order chi connectivity index (χ0) is 17.2. The largest absolute Gasteiger partial charge is 0.366 e. The summed E-state index contributed by atoms with van der Waals surface area (Å²) in [5.41, 5.74) is 7.59. The van der Waals surface area contributed by atoms with Gasteiger partial charge in [0.05, 0.1) is 12.3 Å². The van der Waals surface area contributed by atoms with E-state index in [1.165, 1.54) is 5.56 Å². The maximum Gasteiger partial charge on any atom is 0.248 e. The summed E-state index contributed by atoms with van der Waals surface area (Å²) in [5.74, 6) is 6.53. The summed E-state index contributed by atoms with van der Waals surface area (Å²) in [5, 5.41) is 2.76. The Bertz CT molecular complexity index is 746. The third-order valence-corrected chi connectivity index (χ3v) is 4.12. The van der Waals surface area contributed by atoms with Gasteiger partial charge in [-0.25, -0.2) is 0 Å². The molecule has 5 heteroatoms. The van der Waals surface area contributed by atoms with Crippen molar-refractivity contribution in [3.8, 4) is 11.8 Å². The minimum atomic E-state index is -0.463. The van der Waals surface area contributed by atoms with Crippen molar-refractivity contribution >= 4 is 23.6 Å². The molecule has 0 radical (unpaired) electrons. The predicted octanol–water partition coefficient (Wildman–Crippen LogP) is 2.19. The van der Waals surface area contributed by atoms with Gasteiger partial charge < -0.3 is 11.1 Å². The SMILES string of the molecule is NC(=O)c1ccc(C#CCNC(=O)CSCc2ccccc2)cc1. The minimum Gasteiger partial charge on any atom is -0.366 e. The van der Waals surface area contributed by atoms with Gasteiger partial charge in [0, 0.05) is 16.9 Å². The molecule has 0 aliphatic rings. The number of benzene rings is 2. The highest BCUT2D eigenvalue weighted by Crippen LogP contribution is 2.10. The quantitative estimate of drug-likeness (QED) is 0.793. The van der Waals surface area contributed by atoms with Crippen LogP contribution in [0.5, 0.6) is 0 Å². The van der Waals surface area contributed by atoms with Crippen molar-refractivity contribution in [1.29, 1.82) is 0 Å². The molecule has 3 N–H and O–H groups in total. The summed E-state index contributed by atoms with van der Waals surface area (Å²) >= 11 is 1.57. The minimum absolute atomic E-state index is 0.0330. The molecule has 122 valence electrons. The van der Waals surface area contributed by atoms with Gasteiger partial charge in [0.15, 0.2) is 0 Å². The Morgan fingerprint density at radius 2 is 1.75 bits per heavy atom. The molecule has 2 aromatic carbocycles. The lowest BCUT2D eigenvalue weighted by Gasteiger charge is -2.02. The van der Waals surface area contributed by atoms with Crippen molar-refractivity contribution in [2.75, 3.05) is 12.3 Å². The molecule has 0 saturated carbocycles. The Morgan fingerprint density at radius 1 is 1.04 bits per heavy atom. The maximum atomic E-state index is 11.7. The van der Waals surface area contributed by atoms with Gasteiger partial charge in [0.1, 0.15) is 0 Å². The Hall–Kier alpha value is -2.71. The van der Waals surface area contributed by atoms with Gasteiger partial charge in [-0.2, -0.15) is 0 Å². The zero-order valence-corrected chi connectivity index (χ0v) is 13.9. The third kappa shape index (κ3) is 6.19. The number of carbonyl (C=O) groups is 2. The van der Waals surface area contributed by atoms with Gasteiger partial charge in [-0.15, -0.1) is 11.8 Å². The first-order chi connectivity index (χ1) is 11.6. The number of amides is 2.